The average molecular weight is 302 g/mol. The molecule has 5 heteroatoms. The summed E-state index contributed by atoms with van der Waals surface area (Å²) in [4.78, 5) is 10.8. The second-order valence-corrected chi connectivity index (χ2v) is 4.46. The van der Waals surface area contributed by atoms with Crippen LogP contribution in [0.4, 0.5) is 0 Å². The highest BCUT2D eigenvalue weighted by Gasteiger charge is 2.16. The van der Waals surface area contributed by atoms with Crippen molar-refractivity contribution in [3.05, 3.63) is 28.2 Å². The van der Waals surface area contributed by atoms with Gasteiger partial charge in [-0.1, -0.05) is 19.1 Å². The maximum atomic E-state index is 10.8. The van der Waals surface area contributed by atoms with E-state index in [0.717, 1.165) is 16.6 Å². The van der Waals surface area contributed by atoms with E-state index in [0.29, 0.717) is 12.3 Å². The Balaban J connectivity index is 2.90. The Hall–Kier alpha value is -1.07. The van der Waals surface area contributed by atoms with Crippen LogP contribution >= 0.6 is 15.9 Å². The predicted molar refractivity (Wildman–Crippen MR) is 69.2 cm³/mol. The van der Waals surface area contributed by atoms with Crippen LogP contribution in [0.1, 0.15) is 19.4 Å². The minimum Gasteiger partial charge on any atom is -0.479 e. The number of carbonyl (C=O) groups is 1. The zero-order chi connectivity index (χ0) is 12.8. The van der Waals surface area contributed by atoms with Crippen molar-refractivity contribution in [2.75, 3.05) is 6.54 Å². The number of halogens is 1. The van der Waals surface area contributed by atoms with E-state index < -0.39 is 12.1 Å². The molecule has 1 unspecified atom stereocenters. The lowest BCUT2D eigenvalue weighted by molar-refractivity contribution is -0.144. The molecule has 4 nitrogen and oxygen atoms in total. The van der Waals surface area contributed by atoms with Gasteiger partial charge in [0.1, 0.15) is 5.75 Å². The molecule has 0 fully saturated rings. The average Bonchev–Trinajstić information content (AvgIpc) is 2.29. The van der Waals surface area contributed by atoms with Crippen LogP contribution in [0.5, 0.6) is 5.75 Å². The van der Waals surface area contributed by atoms with Crippen LogP contribution in [0.15, 0.2) is 22.7 Å². The van der Waals surface area contributed by atoms with E-state index in [2.05, 4.69) is 21.2 Å². The van der Waals surface area contributed by atoms with Crippen molar-refractivity contribution in [2.45, 2.75) is 26.5 Å². The third-order valence-electron chi connectivity index (χ3n) is 2.26. The molecule has 94 valence electrons. The quantitative estimate of drug-likeness (QED) is 0.847. The second-order valence-electron chi connectivity index (χ2n) is 3.61. The smallest absolute Gasteiger partial charge is 0.344 e. The molecule has 0 aromatic heterocycles. The van der Waals surface area contributed by atoms with Gasteiger partial charge in [-0.3, -0.25) is 0 Å². The van der Waals surface area contributed by atoms with Crippen LogP contribution < -0.4 is 10.1 Å². The maximum absolute atomic E-state index is 10.8. The summed E-state index contributed by atoms with van der Waals surface area (Å²) in [5.41, 5.74) is 0.939. The molecule has 1 aromatic rings. The monoisotopic (exact) mass is 301 g/mol. The number of rotatable bonds is 6. The van der Waals surface area contributed by atoms with Crippen LogP contribution in [-0.2, 0) is 11.3 Å². The predicted octanol–water partition coefficient (Wildman–Crippen LogP) is 2.41. The lowest BCUT2D eigenvalue weighted by atomic mass is 10.2. The van der Waals surface area contributed by atoms with Gasteiger partial charge in [-0.25, -0.2) is 4.79 Å². The number of carboxylic acid groups (broad SMARTS) is 1. The highest BCUT2D eigenvalue weighted by molar-refractivity contribution is 9.10. The maximum Gasteiger partial charge on any atom is 0.344 e. The molecule has 0 bridgehead atoms. The van der Waals surface area contributed by atoms with Gasteiger partial charge in [-0.05, 0) is 35.5 Å². The third-order valence-corrected chi connectivity index (χ3v) is 2.88. The van der Waals surface area contributed by atoms with E-state index in [1.807, 2.05) is 25.1 Å². The van der Waals surface area contributed by atoms with Crippen LogP contribution in [0, 0.1) is 0 Å². The first-order valence-corrected chi connectivity index (χ1v) is 6.23. The topological polar surface area (TPSA) is 58.6 Å². The van der Waals surface area contributed by atoms with Gasteiger partial charge in [0.2, 0.25) is 0 Å². The molecular weight excluding hydrogens is 286 g/mol. The van der Waals surface area contributed by atoms with E-state index in [9.17, 15) is 4.79 Å². The minimum atomic E-state index is -0.977. The molecule has 1 aromatic carbocycles. The number of aliphatic carboxylic acids is 1. The molecule has 2 N–H and O–H groups in total. The summed E-state index contributed by atoms with van der Waals surface area (Å²) < 4.78 is 6.21. The molecule has 1 rings (SSSR count). The van der Waals surface area contributed by atoms with Gasteiger partial charge in [0.25, 0.3) is 0 Å². The Labute approximate surface area is 109 Å². The third kappa shape index (κ3) is 4.02. The Bertz CT molecular complexity index is 395. The van der Waals surface area contributed by atoms with Gasteiger partial charge >= 0.3 is 5.97 Å². The van der Waals surface area contributed by atoms with Gasteiger partial charge in [0.15, 0.2) is 6.10 Å². The summed E-state index contributed by atoms with van der Waals surface area (Å²) in [5.74, 6) is -0.390. The van der Waals surface area contributed by atoms with E-state index >= 15 is 0 Å². The molecule has 17 heavy (non-hydrogen) atoms. The SMILES string of the molecule is CCNCc1cccc(Br)c1OC(C)C(=O)O. The molecule has 0 spiro atoms. The Morgan fingerprint density at radius 2 is 2.29 bits per heavy atom. The van der Waals surface area contributed by atoms with Gasteiger partial charge < -0.3 is 15.2 Å². The minimum absolute atomic E-state index is 0.586. The van der Waals surface area contributed by atoms with Gasteiger partial charge in [0, 0.05) is 12.1 Å². The van der Waals surface area contributed by atoms with Gasteiger partial charge in [0.05, 0.1) is 4.47 Å². The number of ether oxygens (including phenoxy) is 1. The summed E-state index contributed by atoms with van der Waals surface area (Å²) in [6.07, 6.45) is -0.867. The van der Waals surface area contributed by atoms with Crippen LogP contribution in [0.3, 0.4) is 0 Å². The first kappa shape index (κ1) is 14.0. The summed E-state index contributed by atoms with van der Waals surface area (Å²) in [6.45, 7) is 5.02. The van der Waals surface area contributed by atoms with E-state index in [1.54, 1.807) is 0 Å². The van der Waals surface area contributed by atoms with E-state index in [-0.39, 0.29) is 0 Å². The summed E-state index contributed by atoms with van der Waals surface area (Å²) in [7, 11) is 0. The molecule has 0 aliphatic heterocycles. The number of hydrogen-bond donors (Lipinski definition) is 2. The van der Waals surface area contributed by atoms with Gasteiger partial charge in [-0.2, -0.15) is 0 Å². The first-order valence-electron chi connectivity index (χ1n) is 5.43. The standard InChI is InChI=1S/C12H16BrNO3/c1-3-14-7-9-5-4-6-10(13)11(9)17-8(2)12(15)16/h4-6,8,14H,3,7H2,1-2H3,(H,15,16). The summed E-state index contributed by atoms with van der Waals surface area (Å²) >= 11 is 3.37. The number of nitrogens with one attached hydrogen (secondary N) is 1. The molecular formula is C12H16BrNO3. The molecule has 0 aliphatic carbocycles. The second kappa shape index (κ2) is 6.61. The molecule has 0 aliphatic rings. The molecule has 0 saturated carbocycles. The lowest BCUT2D eigenvalue weighted by Crippen LogP contribution is -2.24. The highest BCUT2D eigenvalue weighted by Crippen LogP contribution is 2.30. The zero-order valence-corrected chi connectivity index (χ0v) is 11.5. The fourth-order valence-electron chi connectivity index (χ4n) is 1.31. The van der Waals surface area contributed by atoms with Crippen LogP contribution in [-0.4, -0.2) is 23.7 Å². The number of benzene rings is 1. The number of hydrogen-bond acceptors (Lipinski definition) is 3. The van der Waals surface area contributed by atoms with Gasteiger partial charge in [-0.15, -0.1) is 0 Å². The largest absolute Gasteiger partial charge is 0.479 e. The molecule has 1 atom stereocenters. The van der Waals surface area contributed by atoms with Crippen molar-refractivity contribution >= 4 is 21.9 Å². The van der Waals surface area contributed by atoms with E-state index in [1.165, 1.54) is 6.92 Å². The van der Waals surface area contributed by atoms with Crippen molar-refractivity contribution in [1.82, 2.24) is 5.32 Å². The molecule has 0 amide bonds. The Morgan fingerprint density at radius 3 is 2.88 bits per heavy atom. The molecule has 0 saturated heterocycles. The summed E-state index contributed by atoms with van der Waals surface area (Å²) in [6, 6.07) is 5.64. The molecule has 0 heterocycles. The zero-order valence-electron chi connectivity index (χ0n) is 9.87. The van der Waals surface area contributed by atoms with Crippen LogP contribution in [0.25, 0.3) is 0 Å². The Morgan fingerprint density at radius 1 is 1.59 bits per heavy atom. The van der Waals surface area contributed by atoms with Crippen molar-refractivity contribution < 1.29 is 14.6 Å². The fraction of sp³-hybridized carbons (Fsp3) is 0.417. The Kier molecular flexibility index (Phi) is 5.44. The normalized spacial score (nSPS) is 12.2. The van der Waals surface area contributed by atoms with Crippen molar-refractivity contribution in [3.63, 3.8) is 0 Å². The first-order chi connectivity index (χ1) is 8.06. The van der Waals surface area contributed by atoms with Crippen molar-refractivity contribution in [2.24, 2.45) is 0 Å². The highest BCUT2D eigenvalue weighted by atomic mass is 79.9. The lowest BCUT2D eigenvalue weighted by Gasteiger charge is -2.16. The number of carboxylic acids is 1. The van der Waals surface area contributed by atoms with E-state index in [4.69, 9.17) is 9.84 Å². The summed E-state index contributed by atoms with van der Waals surface area (Å²) in [5, 5.41) is 12.0. The van der Waals surface area contributed by atoms with Crippen LogP contribution in [0.2, 0.25) is 0 Å². The fourth-order valence-corrected chi connectivity index (χ4v) is 1.81. The number of para-hydroxylation sites is 1. The van der Waals surface area contributed by atoms with Crippen molar-refractivity contribution in [3.8, 4) is 5.75 Å². The molecule has 0 radical (unpaired) electrons. The van der Waals surface area contributed by atoms with Crippen molar-refractivity contribution in [1.29, 1.82) is 0 Å².